The lowest BCUT2D eigenvalue weighted by atomic mass is 9.90. The van der Waals surface area contributed by atoms with Crippen LogP contribution in [-0.4, -0.2) is 47.3 Å². The topological polar surface area (TPSA) is 68.2 Å². The number of nitrogens with zero attached hydrogens (tertiary/aromatic N) is 2. The van der Waals surface area contributed by atoms with Gasteiger partial charge in [0.25, 0.3) is 0 Å². The van der Waals surface area contributed by atoms with E-state index < -0.39 is 0 Å². The van der Waals surface area contributed by atoms with Crippen molar-refractivity contribution in [2.45, 2.75) is 43.8 Å². The van der Waals surface area contributed by atoms with E-state index in [1.165, 1.54) is 5.39 Å². The number of ether oxygens (including phenoxy) is 1. The molecule has 128 valence electrons. The van der Waals surface area contributed by atoms with Crippen molar-refractivity contribution in [3.63, 3.8) is 0 Å². The number of pyridine rings is 1. The molecule has 0 spiro atoms. The quantitative estimate of drug-likeness (QED) is 0.898. The minimum atomic E-state index is -0.200. The zero-order chi connectivity index (χ0) is 16.4. The average Bonchev–Trinajstić information content (AvgIpc) is 3.07. The average molecular weight is 328 g/mol. The number of nitrogens with one attached hydrogen (secondary N) is 2. The highest BCUT2D eigenvalue weighted by atomic mass is 16.5. The molecule has 4 rings (SSSR count). The van der Waals surface area contributed by atoms with Crippen LogP contribution in [0.1, 0.15) is 31.7 Å². The van der Waals surface area contributed by atoms with Gasteiger partial charge in [-0.05, 0) is 43.9 Å². The number of morpholine rings is 1. The standard InChI is InChI=1S/C18H24N4O2/c23-18(16-12-24-11-9-19-16)21-14-3-5-15(6-4-14)22-10-7-13-2-1-8-20-17(13)22/h1-2,7-8,10,14-16,19H,3-6,9,11-12H2,(H,21,23)/t14?,15?,16-/m1/s1. The van der Waals surface area contributed by atoms with Crippen molar-refractivity contribution in [3.05, 3.63) is 30.6 Å². The molecule has 2 N–H and O–H groups in total. The van der Waals surface area contributed by atoms with Gasteiger partial charge < -0.3 is 19.9 Å². The fourth-order valence-corrected chi connectivity index (χ4v) is 3.82. The first kappa shape index (κ1) is 15.6. The molecule has 6 nitrogen and oxygen atoms in total. The molecular weight excluding hydrogens is 304 g/mol. The Hall–Kier alpha value is -1.92. The lowest BCUT2D eigenvalue weighted by Gasteiger charge is -2.32. The minimum absolute atomic E-state index is 0.0752. The number of aromatic nitrogens is 2. The summed E-state index contributed by atoms with van der Waals surface area (Å²) in [6, 6.07) is 6.75. The second-order valence-corrected chi connectivity index (χ2v) is 6.73. The smallest absolute Gasteiger partial charge is 0.239 e. The summed E-state index contributed by atoms with van der Waals surface area (Å²) in [5.74, 6) is 0.0752. The van der Waals surface area contributed by atoms with Gasteiger partial charge in [-0.15, -0.1) is 0 Å². The summed E-state index contributed by atoms with van der Waals surface area (Å²) >= 11 is 0. The van der Waals surface area contributed by atoms with Crippen LogP contribution >= 0.6 is 0 Å². The van der Waals surface area contributed by atoms with Crippen LogP contribution in [0.3, 0.4) is 0 Å². The molecule has 0 bridgehead atoms. The molecule has 1 aliphatic heterocycles. The van der Waals surface area contributed by atoms with Crippen LogP contribution in [0.25, 0.3) is 11.0 Å². The summed E-state index contributed by atoms with van der Waals surface area (Å²) in [6.45, 7) is 1.91. The first-order valence-electron chi connectivity index (χ1n) is 8.84. The molecule has 1 atom stereocenters. The number of rotatable bonds is 3. The molecule has 1 saturated heterocycles. The first-order valence-corrected chi connectivity index (χ1v) is 8.84. The second kappa shape index (κ2) is 6.91. The molecule has 0 aromatic carbocycles. The third-order valence-electron chi connectivity index (χ3n) is 5.15. The molecule has 6 heteroatoms. The molecule has 2 fully saturated rings. The van der Waals surface area contributed by atoms with Crippen molar-refractivity contribution in [1.82, 2.24) is 20.2 Å². The van der Waals surface area contributed by atoms with Gasteiger partial charge in [0.2, 0.25) is 5.91 Å². The highest BCUT2D eigenvalue weighted by Gasteiger charge is 2.27. The van der Waals surface area contributed by atoms with Gasteiger partial charge >= 0.3 is 0 Å². The van der Waals surface area contributed by atoms with Gasteiger partial charge in [-0.25, -0.2) is 4.98 Å². The fourth-order valence-electron chi connectivity index (χ4n) is 3.82. The van der Waals surface area contributed by atoms with Crippen LogP contribution in [0.2, 0.25) is 0 Å². The molecule has 3 heterocycles. The Morgan fingerprint density at radius 2 is 2.17 bits per heavy atom. The third kappa shape index (κ3) is 3.16. The van der Waals surface area contributed by atoms with Crippen LogP contribution in [0.15, 0.2) is 30.6 Å². The predicted octanol–water partition coefficient (Wildman–Crippen LogP) is 1.62. The van der Waals surface area contributed by atoms with Crippen molar-refractivity contribution in [2.75, 3.05) is 19.8 Å². The number of carbonyl (C=O) groups excluding carboxylic acids is 1. The molecular formula is C18H24N4O2. The first-order chi connectivity index (χ1) is 11.8. The Morgan fingerprint density at radius 3 is 2.96 bits per heavy atom. The molecule has 1 saturated carbocycles. The lowest BCUT2D eigenvalue weighted by molar-refractivity contribution is -0.126. The zero-order valence-corrected chi connectivity index (χ0v) is 13.8. The van der Waals surface area contributed by atoms with Gasteiger partial charge in [-0.3, -0.25) is 4.79 Å². The summed E-state index contributed by atoms with van der Waals surface area (Å²) in [4.78, 5) is 16.8. The maximum absolute atomic E-state index is 12.3. The second-order valence-electron chi connectivity index (χ2n) is 6.73. The highest BCUT2D eigenvalue weighted by Crippen LogP contribution is 2.31. The maximum atomic E-state index is 12.3. The third-order valence-corrected chi connectivity index (χ3v) is 5.15. The molecule has 0 unspecified atom stereocenters. The Labute approximate surface area is 141 Å². The summed E-state index contributed by atoms with van der Waals surface area (Å²) in [5, 5.41) is 7.59. The van der Waals surface area contributed by atoms with Crippen molar-refractivity contribution in [1.29, 1.82) is 0 Å². The highest BCUT2D eigenvalue weighted by molar-refractivity contribution is 5.82. The SMILES string of the molecule is O=C(NC1CCC(n2ccc3cccnc32)CC1)[C@H]1COCCN1. The summed E-state index contributed by atoms with van der Waals surface area (Å²) in [7, 11) is 0. The van der Waals surface area contributed by atoms with E-state index in [4.69, 9.17) is 4.74 Å². The summed E-state index contributed by atoms with van der Waals surface area (Å²) in [6.07, 6.45) is 8.15. The van der Waals surface area contributed by atoms with E-state index in [1.54, 1.807) is 0 Å². The van der Waals surface area contributed by atoms with E-state index in [1.807, 2.05) is 12.3 Å². The summed E-state index contributed by atoms with van der Waals surface area (Å²) in [5.41, 5.74) is 1.06. The van der Waals surface area contributed by atoms with Crippen molar-refractivity contribution in [3.8, 4) is 0 Å². The lowest BCUT2D eigenvalue weighted by Crippen LogP contribution is -2.53. The monoisotopic (exact) mass is 328 g/mol. The Bertz CT molecular complexity index is 700. The van der Waals surface area contributed by atoms with E-state index in [0.29, 0.717) is 19.3 Å². The Kier molecular flexibility index (Phi) is 4.49. The molecule has 2 aromatic rings. The van der Waals surface area contributed by atoms with Crippen LogP contribution in [0, 0.1) is 0 Å². The number of hydrogen-bond acceptors (Lipinski definition) is 4. The van der Waals surface area contributed by atoms with Gasteiger partial charge in [0.15, 0.2) is 0 Å². The number of carbonyl (C=O) groups is 1. The molecule has 2 aromatic heterocycles. The van der Waals surface area contributed by atoms with Gasteiger partial charge in [0, 0.05) is 36.4 Å². The van der Waals surface area contributed by atoms with Crippen LogP contribution in [-0.2, 0) is 9.53 Å². The minimum Gasteiger partial charge on any atom is -0.378 e. The van der Waals surface area contributed by atoms with E-state index in [9.17, 15) is 4.79 Å². The van der Waals surface area contributed by atoms with Gasteiger partial charge in [-0.2, -0.15) is 0 Å². The van der Waals surface area contributed by atoms with E-state index >= 15 is 0 Å². The number of amides is 1. The van der Waals surface area contributed by atoms with Crippen molar-refractivity contribution < 1.29 is 9.53 Å². The van der Waals surface area contributed by atoms with E-state index in [2.05, 4.69) is 38.5 Å². The number of fused-ring (bicyclic) bond motifs is 1. The fraction of sp³-hybridized carbons (Fsp3) is 0.556. The van der Waals surface area contributed by atoms with Crippen LogP contribution in [0.5, 0.6) is 0 Å². The van der Waals surface area contributed by atoms with E-state index in [-0.39, 0.29) is 18.0 Å². The maximum Gasteiger partial charge on any atom is 0.239 e. The van der Waals surface area contributed by atoms with Crippen molar-refractivity contribution >= 4 is 16.9 Å². The molecule has 1 aliphatic carbocycles. The molecule has 24 heavy (non-hydrogen) atoms. The zero-order valence-electron chi connectivity index (χ0n) is 13.8. The van der Waals surface area contributed by atoms with Gasteiger partial charge in [0.05, 0.1) is 13.2 Å². The molecule has 0 radical (unpaired) electrons. The van der Waals surface area contributed by atoms with Crippen LogP contribution in [0.4, 0.5) is 0 Å². The Balaban J connectivity index is 1.34. The van der Waals surface area contributed by atoms with Crippen molar-refractivity contribution in [2.24, 2.45) is 0 Å². The number of hydrogen-bond donors (Lipinski definition) is 2. The van der Waals surface area contributed by atoms with Gasteiger partial charge in [-0.1, -0.05) is 0 Å². The Morgan fingerprint density at radius 1 is 1.29 bits per heavy atom. The van der Waals surface area contributed by atoms with Crippen LogP contribution < -0.4 is 10.6 Å². The molecule has 2 aliphatic rings. The summed E-state index contributed by atoms with van der Waals surface area (Å²) < 4.78 is 7.66. The predicted molar refractivity (Wildman–Crippen MR) is 91.8 cm³/mol. The van der Waals surface area contributed by atoms with Gasteiger partial charge in [0.1, 0.15) is 11.7 Å². The largest absolute Gasteiger partial charge is 0.378 e. The van der Waals surface area contributed by atoms with E-state index in [0.717, 1.165) is 37.9 Å². The normalized spacial score (nSPS) is 27.9. The molecule has 1 amide bonds.